The summed E-state index contributed by atoms with van der Waals surface area (Å²) in [5, 5.41) is 12.3. The lowest BCUT2D eigenvalue weighted by Gasteiger charge is -2.35. The van der Waals surface area contributed by atoms with Crippen molar-refractivity contribution < 1.29 is 14.5 Å². The van der Waals surface area contributed by atoms with Crippen molar-refractivity contribution in [1.82, 2.24) is 4.98 Å². The standard InChI is InChI=1S/C17H17BrN2O4/c1-24-16(21)17(7-3-2-4-8-17)15-12-9-11(18)5-6-13(12)19-10-14(15)20(22)23/h5-6,9-10H,2-4,7-8H2,1H3. The number of hydrogen-bond acceptors (Lipinski definition) is 5. The van der Waals surface area contributed by atoms with Crippen LogP contribution >= 0.6 is 15.9 Å². The number of hydrogen-bond donors (Lipinski definition) is 0. The molecule has 1 aliphatic rings. The second-order valence-corrected chi connectivity index (χ2v) is 6.99. The first-order valence-electron chi connectivity index (χ1n) is 7.81. The smallest absolute Gasteiger partial charge is 0.316 e. The molecule has 0 bridgehead atoms. The minimum Gasteiger partial charge on any atom is -0.468 e. The van der Waals surface area contributed by atoms with Crippen LogP contribution in [0, 0.1) is 10.1 Å². The number of carbonyl (C=O) groups excluding carboxylic acids is 1. The predicted molar refractivity (Wildman–Crippen MR) is 92.9 cm³/mol. The Morgan fingerprint density at radius 1 is 1.33 bits per heavy atom. The van der Waals surface area contributed by atoms with Crippen molar-refractivity contribution in [3.8, 4) is 0 Å². The van der Waals surface area contributed by atoms with Crippen molar-refractivity contribution in [3.05, 3.63) is 44.5 Å². The molecule has 1 aromatic carbocycles. The molecule has 7 heteroatoms. The van der Waals surface area contributed by atoms with E-state index >= 15 is 0 Å². The zero-order valence-electron chi connectivity index (χ0n) is 13.3. The first-order chi connectivity index (χ1) is 11.5. The molecule has 1 heterocycles. The van der Waals surface area contributed by atoms with Gasteiger partial charge in [0.05, 0.1) is 23.1 Å². The highest BCUT2D eigenvalue weighted by molar-refractivity contribution is 9.10. The Labute approximate surface area is 147 Å². The zero-order chi connectivity index (χ0) is 17.3. The molecule has 1 aromatic heterocycles. The summed E-state index contributed by atoms with van der Waals surface area (Å²) in [6.45, 7) is 0. The number of benzene rings is 1. The summed E-state index contributed by atoms with van der Waals surface area (Å²) in [7, 11) is 1.34. The number of aromatic nitrogens is 1. The fourth-order valence-corrected chi connectivity index (χ4v) is 4.06. The van der Waals surface area contributed by atoms with Crippen LogP contribution in [-0.4, -0.2) is 23.0 Å². The highest BCUT2D eigenvalue weighted by Crippen LogP contribution is 2.47. The van der Waals surface area contributed by atoms with Gasteiger partial charge in [-0.05, 0) is 31.0 Å². The second kappa shape index (κ2) is 6.47. The van der Waals surface area contributed by atoms with E-state index in [1.165, 1.54) is 13.3 Å². The Balaban J connectivity index is 2.39. The van der Waals surface area contributed by atoms with Gasteiger partial charge >= 0.3 is 5.97 Å². The van der Waals surface area contributed by atoms with Crippen LogP contribution in [0.15, 0.2) is 28.9 Å². The first kappa shape index (κ1) is 16.8. The van der Waals surface area contributed by atoms with Gasteiger partial charge in [-0.25, -0.2) is 4.98 Å². The normalized spacial score (nSPS) is 16.8. The van der Waals surface area contributed by atoms with Crippen LogP contribution in [0.1, 0.15) is 37.7 Å². The van der Waals surface area contributed by atoms with E-state index in [0.717, 1.165) is 23.7 Å². The Bertz CT molecular complexity index is 816. The van der Waals surface area contributed by atoms with Crippen LogP contribution < -0.4 is 0 Å². The highest BCUT2D eigenvalue weighted by Gasteiger charge is 2.47. The number of methoxy groups -OCH3 is 1. The molecule has 2 aromatic rings. The lowest BCUT2D eigenvalue weighted by atomic mass is 9.68. The van der Waals surface area contributed by atoms with Gasteiger partial charge in [-0.15, -0.1) is 0 Å². The van der Waals surface area contributed by atoms with Gasteiger partial charge in [0.2, 0.25) is 0 Å². The number of nitrogens with zero attached hydrogens (tertiary/aromatic N) is 2. The van der Waals surface area contributed by atoms with Gasteiger partial charge in [0.25, 0.3) is 5.69 Å². The largest absolute Gasteiger partial charge is 0.468 e. The van der Waals surface area contributed by atoms with E-state index in [-0.39, 0.29) is 5.69 Å². The van der Waals surface area contributed by atoms with Crippen LogP contribution in [0.3, 0.4) is 0 Å². The predicted octanol–water partition coefficient (Wildman–Crippen LogP) is 4.28. The molecule has 24 heavy (non-hydrogen) atoms. The third kappa shape index (κ3) is 2.66. The van der Waals surface area contributed by atoms with Gasteiger partial charge in [0, 0.05) is 9.86 Å². The van der Waals surface area contributed by atoms with Crippen LogP contribution in [0.4, 0.5) is 5.69 Å². The van der Waals surface area contributed by atoms with E-state index < -0.39 is 16.3 Å². The number of fused-ring (bicyclic) bond motifs is 1. The third-order valence-corrected chi connectivity index (χ3v) is 5.26. The van der Waals surface area contributed by atoms with E-state index in [1.54, 1.807) is 12.1 Å². The molecule has 6 nitrogen and oxygen atoms in total. The van der Waals surface area contributed by atoms with E-state index in [1.807, 2.05) is 6.07 Å². The summed E-state index contributed by atoms with van der Waals surface area (Å²) in [5.41, 5.74) is -0.0388. The van der Waals surface area contributed by atoms with Gasteiger partial charge < -0.3 is 4.74 Å². The van der Waals surface area contributed by atoms with E-state index in [0.29, 0.717) is 29.3 Å². The summed E-state index contributed by atoms with van der Waals surface area (Å²) in [6.07, 6.45) is 5.04. The molecule has 1 aliphatic carbocycles. The quantitative estimate of drug-likeness (QED) is 0.442. The summed E-state index contributed by atoms with van der Waals surface area (Å²) in [4.78, 5) is 28.1. The Morgan fingerprint density at radius 3 is 2.67 bits per heavy atom. The minimum atomic E-state index is -0.989. The molecular formula is C17H17BrN2O4. The molecule has 1 saturated carbocycles. The van der Waals surface area contributed by atoms with Gasteiger partial charge in [0.15, 0.2) is 0 Å². The number of carbonyl (C=O) groups is 1. The summed E-state index contributed by atoms with van der Waals surface area (Å²) < 4.78 is 5.85. The summed E-state index contributed by atoms with van der Waals surface area (Å²) in [6, 6.07) is 5.42. The monoisotopic (exact) mass is 392 g/mol. The fraction of sp³-hybridized carbons (Fsp3) is 0.412. The first-order valence-corrected chi connectivity index (χ1v) is 8.60. The van der Waals surface area contributed by atoms with E-state index in [9.17, 15) is 14.9 Å². The topological polar surface area (TPSA) is 82.3 Å². The van der Waals surface area contributed by atoms with Crippen molar-refractivity contribution in [2.24, 2.45) is 0 Å². The lowest BCUT2D eigenvalue weighted by Crippen LogP contribution is -2.39. The molecule has 0 radical (unpaired) electrons. The Kier molecular flexibility index (Phi) is 4.54. The summed E-state index contributed by atoms with van der Waals surface area (Å²) in [5.74, 6) is -0.405. The number of ether oxygens (including phenoxy) is 1. The molecule has 0 atom stereocenters. The van der Waals surface area contributed by atoms with Crippen molar-refractivity contribution in [3.63, 3.8) is 0 Å². The fourth-order valence-electron chi connectivity index (χ4n) is 3.70. The molecule has 0 N–H and O–H groups in total. The number of pyridine rings is 1. The van der Waals surface area contributed by atoms with Crippen LogP contribution in [0.5, 0.6) is 0 Å². The molecule has 0 saturated heterocycles. The maximum atomic E-state index is 12.7. The SMILES string of the molecule is COC(=O)C1(c2c([N+](=O)[O-])cnc3ccc(Br)cc23)CCCCC1. The second-order valence-electron chi connectivity index (χ2n) is 6.07. The van der Waals surface area contributed by atoms with E-state index in [4.69, 9.17) is 4.74 Å². The zero-order valence-corrected chi connectivity index (χ0v) is 14.8. The molecular weight excluding hydrogens is 376 g/mol. The average Bonchev–Trinajstić information content (AvgIpc) is 2.60. The number of nitro groups is 1. The molecule has 0 spiro atoms. The lowest BCUT2D eigenvalue weighted by molar-refractivity contribution is -0.386. The Hall–Kier alpha value is -2.02. The minimum absolute atomic E-state index is 0.118. The van der Waals surface area contributed by atoms with Gasteiger partial charge in [-0.2, -0.15) is 0 Å². The summed E-state index contributed by atoms with van der Waals surface area (Å²) >= 11 is 3.41. The maximum Gasteiger partial charge on any atom is 0.316 e. The molecule has 0 amide bonds. The van der Waals surface area contributed by atoms with Crippen LogP contribution in [0.25, 0.3) is 10.9 Å². The van der Waals surface area contributed by atoms with Crippen molar-refractivity contribution in [2.45, 2.75) is 37.5 Å². The average molecular weight is 393 g/mol. The third-order valence-electron chi connectivity index (χ3n) is 4.77. The number of esters is 1. The number of halogens is 1. The molecule has 126 valence electrons. The maximum absolute atomic E-state index is 12.7. The van der Waals surface area contributed by atoms with Crippen LogP contribution in [0.2, 0.25) is 0 Å². The van der Waals surface area contributed by atoms with Gasteiger partial charge in [-0.1, -0.05) is 35.2 Å². The van der Waals surface area contributed by atoms with Crippen molar-refractivity contribution in [2.75, 3.05) is 7.11 Å². The van der Waals surface area contributed by atoms with Crippen molar-refractivity contribution in [1.29, 1.82) is 0 Å². The molecule has 0 unspecified atom stereocenters. The van der Waals surface area contributed by atoms with Gasteiger partial charge in [-0.3, -0.25) is 14.9 Å². The number of rotatable bonds is 3. The molecule has 1 fully saturated rings. The Morgan fingerprint density at radius 2 is 2.04 bits per heavy atom. The highest BCUT2D eigenvalue weighted by atomic mass is 79.9. The van der Waals surface area contributed by atoms with Crippen LogP contribution in [-0.2, 0) is 14.9 Å². The molecule has 3 rings (SSSR count). The van der Waals surface area contributed by atoms with Crippen molar-refractivity contribution >= 4 is 38.5 Å². The van der Waals surface area contributed by atoms with Gasteiger partial charge in [0.1, 0.15) is 11.6 Å². The molecule has 0 aliphatic heterocycles. The van der Waals surface area contributed by atoms with E-state index in [2.05, 4.69) is 20.9 Å².